The van der Waals surface area contributed by atoms with Crippen LogP contribution < -0.4 is 5.69 Å². The maximum atomic E-state index is 12.0. The van der Waals surface area contributed by atoms with Gasteiger partial charge in [-0.3, -0.25) is 4.40 Å². The minimum absolute atomic E-state index is 0.104. The summed E-state index contributed by atoms with van der Waals surface area (Å²) in [4.78, 5) is 12.0. The highest BCUT2D eigenvalue weighted by Gasteiger charge is 2.17. The van der Waals surface area contributed by atoms with Crippen LogP contribution in [-0.2, 0) is 11.3 Å². The van der Waals surface area contributed by atoms with Crippen LogP contribution in [0.1, 0.15) is 20.3 Å². The standard InChI is InChI=1S/C12H17N3O2/c1-12(2,17-3)7-9-15-11(16)14-8-5-4-6-10(14)13-15/h4-6,8H,7,9H2,1-3H3. The minimum atomic E-state index is -0.241. The Hall–Kier alpha value is -1.62. The van der Waals surface area contributed by atoms with Gasteiger partial charge in [-0.15, -0.1) is 5.10 Å². The van der Waals surface area contributed by atoms with E-state index in [-0.39, 0.29) is 11.3 Å². The molecule has 2 heterocycles. The fourth-order valence-corrected chi connectivity index (χ4v) is 1.59. The van der Waals surface area contributed by atoms with Crippen molar-refractivity contribution in [2.24, 2.45) is 0 Å². The van der Waals surface area contributed by atoms with Crippen LogP contribution in [-0.4, -0.2) is 26.9 Å². The summed E-state index contributed by atoms with van der Waals surface area (Å²) in [6.07, 6.45) is 2.47. The lowest BCUT2D eigenvalue weighted by molar-refractivity contribution is 0.0111. The van der Waals surface area contributed by atoms with Crippen molar-refractivity contribution in [2.45, 2.75) is 32.4 Å². The van der Waals surface area contributed by atoms with E-state index < -0.39 is 0 Å². The zero-order chi connectivity index (χ0) is 12.5. The van der Waals surface area contributed by atoms with Gasteiger partial charge in [0, 0.05) is 19.9 Å². The lowest BCUT2D eigenvalue weighted by atomic mass is 10.1. The summed E-state index contributed by atoms with van der Waals surface area (Å²) in [6, 6.07) is 5.50. The van der Waals surface area contributed by atoms with E-state index in [2.05, 4.69) is 5.10 Å². The molecule has 0 aliphatic heterocycles. The molecular formula is C12H17N3O2. The lowest BCUT2D eigenvalue weighted by Gasteiger charge is -2.22. The Morgan fingerprint density at radius 3 is 2.82 bits per heavy atom. The van der Waals surface area contributed by atoms with E-state index in [1.807, 2.05) is 32.0 Å². The molecule has 0 N–H and O–H groups in total. The number of hydrogen-bond donors (Lipinski definition) is 0. The molecule has 5 nitrogen and oxygen atoms in total. The second kappa shape index (κ2) is 4.33. The maximum absolute atomic E-state index is 12.0. The Morgan fingerprint density at radius 2 is 2.18 bits per heavy atom. The van der Waals surface area contributed by atoms with Gasteiger partial charge < -0.3 is 4.74 Å². The first kappa shape index (κ1) is 11.9. The van der Waals surface area contributed by atoms with Crippen molar-refractivity contribution in [1.82, 2.24) is 14.2 Å². The Bertz CT molecular complexity index is 568. The Kier molecular flexibility index (Phi) is 3.02. The normalized spacial score (nSPS) is 12.2. The molecule has 0 saturated carbocycles. The predicted molar refractivity (Wildman–Crippen MR) is 65.2 cm³/mol. The molecule has 0 aliphatic carbocycles. The van der Waals surface area contributed by atoms with Crippen LogP contribution in [0.4, 0.5) is 0 Å². The third kappa shape index (κ3) is 2.39. The number of methoxy groups -OCH3 is 1. The van der Waals surface area contributed by atoms with Gasteiger partial charge in [-0.25, -0.2) is 9.48 Å². The van der Waals surface area contributed by atoms with Crippen molar-refractivity contribution in [3.8, 4) is 0 Å². The molecule has 0 aromatic carbocycles. The monoisotopic (exact) mass is 235 g/mol. The average molecular weight is 235 g/mol. The predicted octanol–water partition coefficient (Wildman–Crippen LogP) is 1.31. The quantitative estimate of drug-likeness (QED) is 0.802. The molecule has 0 bridgehead atoms. The van der Waals surface area contributed by atoms with Gasteiger partial charge in [0.2, 0.25) is 0 Å². The summed E-state index contributed by atoms with van der Waals surface area (Å²) in [6.45, 7) is 4.54. The first-order valence-corrected chi connectivity index (χ1v) is 5.63. The van der Waals surface area contributed by atoms with E-state index in [0.717, 1.165) is 6.42 Å². The molecule has 0 aliphatic rings. The molecule has 0 amide bonds. The number of ether oxygens (including phenoxy) is 1. The van der Waals surface area contributed by atoms with E-state index in [1.54, 1.807) is 17.7 Å². The lowest BCUT2D eigenvalue weighted by Crippen LogP contribution is -2.28. The summed E-state index contributed by atoms with van der Waals surface area (Å²) in [5, 5.41) is 4.26. The molecule has 0 radical (unpaired) electrons. The molecule has 0 fully saturated rings. The molecule has 0 saturated heterocycles. The van der Waals surface area contributed by atoms with Crippen LogP contribution in [0, 0.1) is 0 Å². The largest absolute Gasteiger partial charge is 0.379 e. The zero-order valence-electron chi connectivity index (χ0n) is 10.4. The van der Waals surface area contributed by atoms with Crippen molar-refractivity contribution in [3.63, 3.8) is 0 Å². The molecule has 2 aromatic rings. The zero-order valence-corrected chi connectivity index (χ0v) is 10.4. The molecule has 2 aromatic heterocycles. The van der Waals surface area contributed by atoms with Gasteiger partial charge >= 0.3 is 5.69 Å². The number of rotatable bonds is 4. The van der Waals surface area contributed by atoms with Crippen molar-refractivity contribution in [1.29, 1.82) is 0 Å². The van der Waals surface area contributed by atoms with E-state index in [0.29, 0.717) is 12.2 Å². The SMILES string of the molecule is COC(C)(C)CCn1nc2ccccn2c1=O. The van der Waals surface area contributed by atoms with Gasteiger partial charge in [0.05, 0.1) is 5.60 Å². The van der Waals surface area contributed by atoms with Crippen molar-refractivity contribution in [3.05, 3.63) is 34.9 Å². The molecule has 5 heteroatoms. The number of aryl methyl sites for hydroxylation is 1. The highest BCUT2D eigenvalue weighted by atomic mass is 16.5. The molecule has 0 atom stereocenters. The molecule has 0 spiro atoms. The highest BCUT2D eigenvalue weighted by Crippen LogP contribution is 2.13. The summed E-state index contributed by atoms with van der Waals surface area (Å²) < 4.78 is 8.35. The summed E-state index contributed by atoms with van der Waals surface area (Å²) >= 11 is 0. The smallest absolute Gasteiger partial charge is 0.350 e. The Morgan fingerprint density at radius 1 is 1.41 bits per heavy atom. The van der Waals surface area contributed by atoms with Gasteiger partial charge in [-0.05, 0) is 32.4 Å². The number of pyridine rings is 1. The number of nitrogens with zero attached hydrogens (tertiary/aromatic N) is 3. The van der Waals surface area contributed by atoms with Crippen molar-refractivity contribution >= 4 is 5.65 Å². The summed E-state index contributed by atoms with van der Waals surface area (Å²) in [7, 11) is 1.67. The van der Waals surface area contributed by atoms with E-state index in [1.165, 1.54) is 4.68 Å². The van der Waals surface area contributed by atoms with Gasteiger partial charge in [-0.2, -0.15) is 0 Å². The minimum Gasteiger partial charge on any atom is -0.379 e. The van der Waals surface area contributed by atoms with E-state index in [9.17, 15) is 4.79 Å². The maximum Gasteiger partial charge on any atom is 0.350 e. The van der Waals surface area contributed by atoms with Crippen molar-refractivity contribution < 1.29 is 4.74 Å². The molecule has 92 valence electrons. The summed E-state index contributed by atoms with van der Waals surface area (Å²) in [5.41, 5.74) is 0.329. The fraction of sp³-hybridized carbons (Fsp3) is 0.500. The Labute approximate surface area is 99.6 Å². The van der Waals surface area contributed by atoms with Crippen LogP contribution in [0.2, 0.25) is 0 Å². The van der Waals surface area contributed by atoms with Crippen LogP contribution in [0.3, 0.4) is 0 Å². The van der Waals surface area contributed by atoms with Gasteiger partial charge in [0.15, 0.2) is 5.65 Å². The first-order chi connectivity index (χ1) is 8.03. The summed E-state index contributed by atoms with van der Waals surface area (Å²) in [5.74, 6) is 0. The van der Waals surface area contributed by atoms with Gasteiger partial charge in [-0.1, -0.05) is 6.07 Å². The van der Waals surface area contributed by atoms with Gasteiger partial charge in [0.1, 0.15) is 0 Å². The number of aromatic nitrogens is 3. The fourth-order valence-electron chi connectivity index (χ4n) is 1.59. The molecule has 17 heavy (non-hydrogen) atoms. The molecule has 0 unspecified atom stereocenters. The van der Waals surface area contributed by atoms with Crippen LogP contribution >= 0.6 is 0 Å². The second-order valence-corrected chi connectivity index (χ2v) is 4.65. The highest BCUT2D eigenvalue weighted by molar-refractivity contribution is 5.35. The van der Waals surface area contributed by atoms with Crippen LogP contribution in [0.25, 0.3) is 5.65 Å². The number of hydrogen-bond acceptors (Lipinski definition) is 3. The van der Waals surface area contributed by atoms with Crippen LogP contribution in [0.15, 0.2) is 29.2 Å². The van der Waals surface area contributed by atoms with E-state index >= 15 is 0 Å². The number of fused-ring (bicyclic) bond motifs is 1. The third-order valence-corrected chi connectivity index (χ3v) is 2.97. The van der Waals surface area contributed by atoms with E-state index in [4.69, 9.17) is 4.74 Å². The third-order valence-electron chi connectivity index (χ3n) is 2.97. The Balaban J connectivity index is 2.25. The average Bonchev–Trinajstić information content (AvgIpc) is 2.65. The molecule has 2 rings (SSSR count). The topological polar surface area (TPSA) is 48.5 Å². The van der Waals surface area contributed by atoms with Crippen molar-refractivity contribution in [2.75, 3.05) is 7.11 Å². The second-order valence-electron chi connectivity index (χ2n) is 4.65. The van der Waals surface area contributed by atoms with Gasteiger partial charge in [0.25, 0.3) is 0 Å². The first-order valence-electron chi connectivity index (χ1n) is 5.63. The molecular weight excluding hydrogens is 218 g/mol. The van der Waals surface area contributed by atoms with Crippen LogP contribution in [0.5, 0.6) is 0 Å².